The Labute approximate surface area is 115 Å². The number of hydrogen-bond acceptors (Lipinski definition) is 3. The molecule has 2 N–H and O–H groups in total. The van der Waals surface area contributed by atoms with Crippen LogP contribution in [0.5, 0.6) is 0 Å². The molecule has 106 valence electrons. The van der Waals surface area contributed by atoms with Crippen LogP contribution in [0.3, 0.4) is 0 Å². The third-order valence-corrected chi connectivity index (χ3v) is 5.37. The van der Waals surface area contributed by atoms with Gasteiger partial charge < -0.3 is 5.32 Å². The molecule has 0 unspecified atom stereocenters. The highest BCUT2D eigenvalue weighted by molar-refractivity contribution is 7.89. The molecule has 2 rings (SSSR count). The first-order valence-corrected chi connectivity index (χ1v) is 8.29. The Balaban J connectivity index is 2.12. The number of hydrogen-bond donors (Lipinski definition) is 2. The summed E-state index contributed by atoms with van der Waals surface area (Å²) >= 11 is 0. The average molecular weight is 282 g/mol. The SMILES string of the molecule is CNS(=O)(=O)c1cc(NCC2CCCC2)ccc1C. The molecule has 0 aromatic heterocycles. The van der Waals surface area contributed by atoms with Crippen LogP contribution in [-0.2, 0) is 10.0 Å². The van der Waals surface area contributed by atoms with Crippen LogP contribution in [0.25, 0.3) is 0 Å². The Morgan fingerprint density at radius 2 is 1.95 bits per heavy atom. The normalized spacial score (nSPS) is 16.7. The predicted molar refractivity (Wildman–Crippen MR) is 77.9 cm³/mol. The Morgan fingerprint density at radius 3 is 2.58 bits per heavy atom. The zero-order valence-electron chi connectivity index (χ0n) is 11.6. The molecule has 1 aromatic carbocycles. The lowest BCUT2D eigenvalue weighted by Gasteiger charge is -2.14. The largest absolute Gasteiger partial charge is 0.385 e. The van der Waals surface area contributed by atoms with Crippen LogP contribution in [0.1, 0.15) is 31.2 Å². The Bertz CT molecular complexity index is 534. The summed E-state index contributed by atoms with van der Waals surface area (Å²) in [5.74, 6) is 0.727. The van der Waals surface area contributed by atoms with Crippen LogP contribution in [0.15, 0.2) is 23.1 Å². The molecular formula is C14H22N2O2S. The van der Waals surface area contributed by atoms with Crippen molar-refractivity contribution in [3.63, 3.8) is 0 Å². The maximum absolute atomic E-state index is 11.9. The highest BCUT2D eigenvalue weighted by Crippen LogP contribution is 2.26. The molecule has 1 aromatic rings. The van der Waals surface area contributed by atoms with Crippen molar-refractivity contribution in [3.05, 3.63) is 23.8 Å². The molecule has 1 aliphatic carbocycles. The standard InChI is InChI=1S/C14H22N2O2S/c1-11-7-8-13(9-14(11)19(17,18)15-2)16-10-12-5-3-4-6-12/h7-9,12,15-16H,3-6,10H2,1-2H3. The number of nitrogens with one attached hydrogen (secondary N) is 2. The molecule has 1 saturated carbocycles. The molecule has 0 heterocycles. The van der Waals surface area contributed by atoms with Crippen molar-refractivity contribution < 1.29 is 8.42 Å². The van der Waals surface area contributed by atoms with E-state index >= 15 is 0 Å². The van der Waals surface area contributed by atoms with Gasteiger partial charge in [0.1, 0.15) is 0 Å². The number of benzene rings is 1. The minimum absolute atomic E-state index is 0.353. The lowest BCUT2D eigenvalue weighted by atomic mass is 10.1. The molecular weight excluding hydrogens is 260 g/mol. The van der Waals surface area contributed by atoms with E-state index in [9.17, 15) is 8.42 Å². The number of aryl methyl sites for hydroxylation is 1. The van der Waals surface area contributed by atoms with E-state index in [0.717, 1.165) is 23.7 Å². The lowest BCUT2D eigenvalue weighted by molar-refractivity contribution is 0.579. The van der Waals surface area contributed by atoms with E-state index in [-0.39, 0.29) is 0 Å². The Hall–Kier alpha value is -1.07. The maximum Gasteiger partial charge on any atom is 0.240 e. The number of sulfonamides is 1. The van der Waals surface area contributed by atoms with Gasteiger partial charge in [-0.3, -0.25) is 0 Å². The molecule has 0 saturated heterocycles. The van der Waals surface area contributed by atoms with Crippen molar-refractivity contribution in [1.82, 2.24) is 4.72 Å². The highest BCUT2D eigenvalue weighted by atomic mass is 32.2. The van der Waals surface area contributed by atoms with Gasteiger partial charge in [0.05, 0.1) is 4.90 Å². The van der Waals surface area contributed by atoms with Crippen LogP contribution >= 0.6 is 0 Å². The third kappa shape index (κ3) is 3.48. The molecule has 0 bridgehead atoms. The van der Waals surface area contributed by atoms with Gasteiger partial charge in [0.2, 0.25) is 10.0 Å². The smallest absolute Gasteiger partial charge is 0.240 e. The van der Waals surface area contributed by atoms with Gasteiger partial charge in [0.15, 0.2) is 0 Å². The minimum atomic E-state index is -3.38. The van der Waals surface area contributed by atoms with Crippen molar-refractivity contribution in [1.29, 1.82) is 0 Å². The second-order valence-corrected chi connectivity index (χ2v) is 7.07. The van der Waals surface area contributed by atoms with Crippen LogP contribution in [0.2, 0.25) is 0 Å². The fourth-order valence-corrected chi connectivity index (χ4v) is 3.58. The van der Waals surface area contributed by atoms with E-state index < -0.39 is 10.0 Å². The molecule has 0 aliphatic heterocycles. The number of rotatable bonds is 5. The monoisotopic (exact) mass is 282 g/mol. The zero-order chi connectivity index (χ0) is 13.9. The van der Waals surface area contributed by atoms with E-state index in [4.69, 9.17) is 0 Å². The van der Waals surface area contributed by atoms with Gasteiger partial charge in [-0.15, -0.1) is 0 Å². The van der Waals surface area contributed by atoms with Crippen molar-refractivity contribution in [2.75, 3.05) is 18.9 Å². The Morgan fingerprint density at radius 1 is 1.26 bits per heavy atom. The maximum atomic E-state index is 11.9. The van der Waals surface area contributed by atoms with E-state index in [1.165, 1.54) is 32.7 Å². The van der Waals surface area contributed by atoms with Crippen LogP contribution in [0.4, 0.5) is 5.69 Å². The molecule has 1 fully saturated rings. The van der Waals surface area contributed by atoms with Gasteiger partial charge >= 0.3 is 0 Å². The Kier molecular flexibility index (Phi) is 4.47. The first-order chi connectivity index (χ1) is 9.03. The molecule has 0 spiro atoms. The summed E-state index contributed by atoms with van der Waals surface area (Å²) in [7, 11) is -1.94. The van der Waals surface area contributed by atoms with Crippen molar-refractivity contribution in [2.24, 2.45) is 5.92 Å². The van der Waals surface area contributed by atoms with Crippen LogP contribution in [-0.4, -0.2) is 22.0 Å². The topological polar surface area (TPSA) is 58.2 Å². The number of anilines is 1. The zero-order valence-corrected chi connectivity index (χ0v) is 12.4. The average Bonchev–Trinajstić information content (AvgIpc) is 2.91. The minimum Gasteiger partial charge on any atom is -0.385 e. The van der Waals surface area contributed by atoms with E-state index in [0.29, 0.717) is 4.90 Å². The molecule has 0 amide bonds. The van der Waals surface area contributed by atoms with Gasteiger partial charge in [-0.05, 0) is 50.4 Å². The first-order valence-electron chi connectivity index (χ1n) is 6.81. The van der Waals surface area contributed by atoms with Crippen molar-refractivity contribution >= 4 is 15.7 Å². The summed E-state index contributed by atoms with van der Waals surface area (Å²) < 4.78 is 26.2. The molecule has 1 aliphatic rings. The van der Waals surface area contributed by atoms with Gasteiger partial charge in [0, 0.05) is 12.2 Å². The summed E-state index contributed by atoms with van der Waals surface area (Å²) in [6, 6.07) is 5.51. The van der Waals surface area contributed by atoms with E-state index in [2.05, 4.69) is 10.0 Å². The molecule has 0 atom stereocenters. The summed E-state index contributed by atoms with van der Waals surface area (Å²) in [5, 5.41) is 3.36. The molecule has 19 heavy (non-hydrogen) atoms. The second-order valence-electron chi connectivity index (χ2n) is 5.22. The van der Waals surface area contributed by atoms with Gasteiger partial charge in [-0.1, -0.05) is 18.9 Å². The molecule has 0 radical (unpaired) electrons. The van der Waals surface area contributed by atoms with Crippen molar-refractivity contribution in [2.45, 2.75) is 37.5 Å². The first kappa shape index (κ1) is 14.3. The quantitative estimate of drug-likeness (QED) is 0.872. The van der Waals surface area contributed by atoms with Crippen LogP contribution in [0, 0.1) is 12.8 Å². The van der Waals surface area contributed by atoms with E-state index in [1.54, 1.807) is 6.07 Å². The molecule has 4 nitrogen and oxygen atoms in total. The lowest BCUT2D eigenvalue weighted by Crippen LogP contribution is -2.20. The van der Waals surface area contributed by atoms with Crippen molar-refractivity contribution in [3.8, 4) is 0 Å². The summed E-state index contributed by atoms with van der Waals surface area (Å²) in [6.07, 6.45) is 5.19. The summed E-state index contributed by atoms with van der Waals surface area (Å²) in [6.45, 7) is 2.74. The fraction of sp³-hybridized carbons (Fsp3) is 0.571. The second kappa shape index (κ2) is 5.92. The third-order valence-electron chi connectivity index (χ3n) is 3.82. The highest BCUT2D eigenvalue weighted by Gasteiger charge is 2.17. The van der Waals surface area contributed by atoms with Gasteiger partial charge in [0.25, 0.3) is 0 Å². The predicted octanol–water partition coefficient (Wildman–Crippen LogP) is 2.51. The summed E-state index contributed by atoms with van der Waals surface area (Å²) in [4.78, 5) is 0.353. The molecule has 5 heteroatoms. The van der Waals surface area contributed by atoms with E-state index in [1.807, 2.05) is 19.1 Å². The van der Waals surface area contributed by atoms with Gasteiger partial charge in [-0.2, -0.15) is 0 Å². The van der Waals surface area contributed by atoms with Crippen LogP contribution < -0.4 is 10.0 Å². The van der Waals surface area contributed by atoms with Gasteiger partial charge in [-0.25, -0.2) is 13.1 Å². The summed E-state index contributed by atoms with van der Waals surface area (Å²) in [5.41, 5.74) is 1.65. The fourth-order valence-electron chi connectivity index (χ4n) is 2.59.